The molecule has 0 bridgehead atoms. The van der Waals surface area contributed by atoms with Gasteiger partial charge in [0, 0.05) is 37.9 Å². The summed E-state index contributed by atoms with van der Waals surface area (Å²) in [5, 5.41) is 4.87. The fourth-order valence-corrected chi connectivity index (χ4v) is 2.10. The van der Waals surface area contributed by atoms with E-state index in [1.165, 1.54) is 0 Å². The predicted molar refractivity (Wildman–Crippen MR) is 66.7 cm³/mol. The van der Waals surface area contributed by atoms with Crippen LogP contribution in [0.25, 0.3) is 0 Å². The van der Waals surface area contributed by atoms with E-state index in [1.807, 2.05) is 0 Å². The van der Waals surface area contributed by atoms with Crippen LogP contribution in [-0.2, 0) is 4.74 Å². The number of methoxy groups -OCH3 is 1. The number of hydrogen-bond acceptors (Lipinski definition) is 5. The first-order valence-corrected chi connectivity index (χ1v) is 6.33. The van der Waals surface area contributed by atoms with Gasteiger partial charge in [-0.25, -0.2) is 4.98 Å². The largest absolute Gasteiger partial charge is 0.385 e. The molecule has 0 aromatic carbocycles. The molecule has 1 heterocycles. The highest BCUT2D eigenvalue weighted by Gasteiger charge is 2.04. The molecule has 0 aliphatic heterocycles. The van der Waals surface area contributed by atoms with E-state index < -0.39 is 0 Å². The summed E-state index contributed by atoms with van der Waals surface area (Å²) in [5.74, 6) is 0. The van der Waals surface area contributed by atoms with Gasteiger partial charge < -0.3 is 10.1 Å². The Morgan fingerprint density at radius 1 is 1.50 bits per heavy atom. The van der Waals surface area contributed by atoms with Crippen LogP contribution in [0.5, 0.6) is 0 Å². The van der Waals surface area contributed by atoms with Crippen molar-refractivity contribution >= 4 is 11.8 Å². The van der Waals surface area contributed by atoms with Crippen LogP contribution < -0.4 is 5.32 Å². The van der Waals surface area contributed by atoms with Gasteiger partial charge in [-0.3, -0.25) is 4.98 Å². The number of aromatic nitrogens is 2. The Labute approximate surface area is 101 Å². The number of nitrogens with one attached hydrogen (secondary N) is 1. The first-order chi connectivity index (χ1) is 7.83. The lowest BCUT2D eigenvalue weighted by molar-refractivity contribution is 0.194. The molecular formula is C11H19N3OS. The highest BCUT2D eigenvalue weighted by molar-refractivity contribution is 7.99. The third-order valence-corrected chi connectivity index (χ3v) is 3.02. The smallest absolute Gasteiger partial charge is 0.115 e. The van der Waals surface area contributed by atoms with E-state index in [2.05, 4.69) is 22.2 Å². The molecule has 0 aliphatic carbocycles. The van der Waals surface area contributed by atoms with Crippen LogP contribution in [0, 0.1) is 0 Å². The molecule has 1 atom stereocenters. The summed E-state index contributed by atoms with van der Waals surface area (Å²) in [6.07, 6.45) is 6.27. The normalized spacial score (nSPS) is 12.6. The molecule has 1 unspecified atom stereocenters. The number of nitrogens with zero attached hydrogens (tertiary/aromatic N) is 2. The second kappa shape index (κ2) is 8.50. The minimum atomic E-state index is 0.499. The third-order valence-electron chi connectivity index (χ3n) is 2.00. The quantitative estimate of drug-likeness (QED) is 0.553. The maximum atomic E-state index is 4.98. The number of thioether (sulfide) groups is 1. The van der Waals surface area contributed by atoms with Gasteiger partial charge in [-0.1, -0.05) is 6.92 Å². The van der Waals surface area contributed by atoms with Gasteiger partial charge in [0.1, 0.15) is 5.03 Å². The molecule has 16 heavy (non-hydrogen) atoms. The molecule has 0 fully saturated rings. The van der Waals surface area contributed by atoms with E-state index in [9.17, 15) is 0 Å². The molecule has 0 radical (unpaired) electrons. The maximum Gasteiger partial charge on any atom is 0.115 e. The second-order valence-corrected chi connectivity index (χ2v) is 4.98. The minimum Gasteiger partial charge on any atom is -0.385 e. The van der Waals surface area contributed by atoms with Gasteiger partial charge in [-0.15, -0.1) is 11.8 Å². The van der Waals surface area contributed by atoms with Gasteiger partial charge in [0.2, 0.25) is 0 Å². The van der Waals surface area contributed by atoms with Crippen LogP contribution in [0.1, 0.15) is 13.3 Å². The molecule has 0 aliphatic rings. The molecule has 5 heteroatoms. The molecule has 4 nitrogen and oxygen atoms in total. The standard InChI is InChI=1S/C11H19N3OS/c1-10(8-12-4-3-7-15-2)16-11-9-13-5-6-14-11/h5-6,9-10,12H,3-4,7-8H2,1-2H3. The average molecular weight is 241 g/mol. The molecule has 1 N–H and O–H groups in total. The van der Waals surface area contributed by atoms with Gasteiger partial charge in [0.05, 0.1) is 6.20 Å². The zero-order valence-electron chi connectivity index (χ0n) is 9.85. The van der Waals surface area contributed by atoms with E-state index in [0.717, 1.165) is 31.1 Å². The van der Waals surface area contributed by atoms with Gasteiger partial charge in [0.15, 0.2) is 0 Å². The molecule has 0 saturated carbocycles. The Balaban J connectivity index is 2.09. The van der Waals surface area contributed by atoms with Gasteiger partial charge in [-0.05, 0) is 13.0 Å². The van der Waals surface area contributed by atoms with Crippen LogP contribution in [0.3, 0.4) is 0 Å². The average Bonchev–Trinajstić information content (AvgIpc) is 2.30. The van der Waals surface area contributed by atoms with Crippen molar-refractivity contribution in [2.24, 2.45) is 0 Å². The highest BCUT2D eigenvalue weighted by atomic mass is 32.2. The Kier molecular flexibility index (Phi) is 7.12. The van der Waals surface area contributed by atoms with Gasteiger partial charge >= 0.3 is 0 Å². The second-order valence-electron chi connectivity index (χ2n) is 3.52. The zero-order valence-corrected chi connectivity index (χ0v) is 10.7. The third kappa shape index (κ3) is 6.05. The van der Waals surface area contributed by atoms with E-state index in [4.69, 9.17) is 4.74 Å². The highest BCUT2D eigenvalue weighted by Crippen LogP contribution is 2.18. The van der Waals surface area contributed by atoms with E-state index in [-0.39, 0.29) is 0 Å². The molecule has 0 amide bonds. The van der Waals surface area contributed by atoms with Crippen molar-refractivity contribution in [2.45, 2.75) is 23.6 Å². The van der Waals surface area contributed by atoms with Gasteiger partial charge in [0.25, 0.3) is 0 Å². The van der Waals surface area contributed by atoms with E-state index in [1.54, 1.807) is 37.5 Å². The summed E-state index contributed by atoms with van der Waals surface area (Å²) in [6, 6.07) is 0. The summed E-state index contributed by atoms with van der Waals surface area (Å²) in [5.41, 5.74) is 0. The van der Waals surface area contributed by atoms with Crippen LogP contribution in [0.4, 0.5) is 0 Å². The monoisotopic (exact) mass is 241 g/mol. The lowest BCUT2D eigenvalue weighted by Gasteiger charge is -2.11. The Morgan fingerprint density at radius 2 is 2.38 bits per heavy atom. The Morgan fingerprint density at radius 3 is 3.06 bits per heavy atom. The predicted octanol–water partition coefficient (Wildman–Crippen LogP) is 1.58. The molecule has 90 valence electrons. The zero-order chi connectivity index (χ0) is 11.6. The van der Waals surface area contributed by atoms with Crippen molar-refractivity contribution in [3.63, 3.8) is 0 Å². The Hall–Kier alpha value is -0.650. The first kappa shape index (κ1) is 13.4. The van der Waals surface area contributed by atoms with Crippen LogP contribution in [-0.4, -0.2) is 42.0 Å². The van der Waals surface area contributed by atoms with E-state index in [0.29, 0.717) is 5.25 Å². The van der Waals surface area contributed by atoms with Crippen molar-refractivity contribution in [2.75, 3.05) is 26.8 Å². The maximum absolute atomic E-state index is 4.98. The van der Waals surface area contributed by atoms with Crippen LogP contribution in [0.2, 0.25) is 0 Å². The van der Waals surface area contributed by atoms with Crippen molar-refractivity contribution in [1.82, 2.24) is 15.3 Å². The van der Waals surface area contributed by atoms with E-state index >= 15 is 0 Å². The lowest BCUT2D eigenvalue weighted by Crippen LogP contribution is -2.24. The lowest BCUT2D eigenvalue weighted by atomic mass is 10.4. The molecule has 0 saturated heterocycles. The molecular weight excluding hydrogens is 222 g/mol. The molecule has 1 aromatic rings. The number of ether oxygens (including phenoxy) is 1. The number of rotatable bonds is 8. The Bertz CT molecular complexity index is 271. The summed E-state index contributed by atoms with van der Waals surface area (Å²) in [6.45, 7) is 4.98. The van der Waals surface area contributed by atoms with Gasteiger partial charge in [-0.2, -0.15) is 0 Å². The summed E-state index contributed by atoms with van der Waals surface area (Å²) in [7, 11) is 1.73. The minimum absolute atomic E-state index is 0.499. The SMILES string of the molecule is COCCCNCC(C)Sc1cnccn1. The summed E-state index contributed by atoms with van der Waals surface area (Å²) < 4.78 is 4.98. The molecule has 1 aromatic heterocycles. The van der Waals surface area contributed by atoms with Crippen LogP contribution >= 0.6 is 11.8 Å². The summed E-state index contributed by atoms with van der Waals surface area (Å²) >= 11 is 1.74. The first-order valence-electron chi connectivity index (χ1n) is 5.45. The summed E-state index contributed by atoms with van der Waals surface area (Å²) in [4.78, 5) is 8.27. The number of hydrogen-bond donors (Lipinski definition) is 1. The molecule has 0 spiro atoms. The van der Waals surface area contributed by atoms with Crippen molar-refractivity contribution in [3.05, 3.63) is 18.6 Å². The van der Waals surface area contributed by atoms with Crippen molar-refractivity contribution < 1.29 is 4.74 Å². The van der Waals surface area contributed by atoms with Crippen molar-refractivity contribution in [3.8, 4) is 0 Å². The van der Waals surface area contributed by atoms with Crippen molar-refractivity contribution in [1.29, 1.82) is 0 Å². The fraction of sp³-hybridized carbons (Fsp3) is 0.636. The van der Waals surface area contributed by atoms with Crippen LogP contribution in [0.15, 0.2) is 23.6 Å². The topological polar surface area (TPSA) is 47.0 Å². The molecule has 1 rings (SSSR count). The fourth-order valence-electron chi connectivity index (χ4n) is 1.24.